The number of halogens is 3. The van der Waals surface area contributed by atoms with E-state index in [9.17, 15) is 14.0 Å². The number of aromatic nitrogens is 4. The number of nitrogens with zero attached hydrogens (tertiary/aromatic N) is 4. The van der Waals surface area contributed by atoms with Crippen LogP contribution in [0, 0.1) is 0 Å². The topological polar surface area (TPSA) is 91.0 Å². The summed E-state index contributed by atoms with van der Waals surface area (Å²) in [5.41, 5.74) is 6.88. The molecule has 0 bridgehead atoms. The quantitative estimate of drug-likeness (QED) is 0.0886. The van der Waals surface area contributed by atoms with Crippen molar-refractivity contribution in [2.24, 2.45) is 14.1 Å². The Morgan fingerprint density at radius 3 is 1.83 bits per heavy atom. The molecule has 0 saturated carbocycles. The number of rotatable bonds is 17. The first kappa shape index (κ1) is 38.9. The first-order valence-corrected chi connectivity index (χ1v) is 17.4. The SMILES string of the molecule is CCCOCc1ccc(CNC(=O)c2c(Cl)c(CC)nn2C)cc1.CCc1nn(C)c(C(=O)CCc2ccc(CCCC[18F])cc2)c1Cl. The molecule has 4 aromatic rings. The summed E-state index contributed by atoms with van der Waals surface area (Å²) in [6, 6.07) is 16.2. The fourth-order valence-electron chi connectivity index (χ4n) is 5.13. The van der Waals surface area contributed by atoms with Crippen molar-refractivity contribution in [2.75, 3.05) is 13.3 Å². The lowest BCUT2D eigenvalue weighted by molar-refractivity contribution is 0.0939. The number of ketones is 1. The van der Waals surface area contributed by atoms with Gasteiger partial charge in [0.05, 0.1) is 34.7 Å². The summed E-state index contributed by atoms with van der Waals surface area (Å²) in [6.45, 7) is 7.59. The maximum Gasteiger partial charge on any atom is 0.271 e. The molecule has 0 aliphatic heterocycles. The molecule has 0 aliphatic rings. The molecular weight excluding hydrogens is 651 g/mol. The highest BCUT2D eigenvalue weighted by Crippen LogP contribution is 2.23. The molecule has 0 saturated heterocycles. The third kappa shape index (κ3) is 11.3. The number of ether oxygens (including phenoxy) is 1. The van der Waals surface area contributed by atoms with Crippen LogP contribution in [0.5, 0.6) is 0 Å². The number of hydrogen-bond donors (Lipinski definition) is 1. The number of nitrogens with one attached hydrogen (secondary N) is 1. The fraction of sp³-hybridized carbons (Fsp3) is 0.459. The summed E-state index contributed by atoms with van der Waals surface area (Å²) >= 11 is 12.5. The molecule has 8 nitrogen and oxygen atoms in total. The van der Waals surface area contributed by atoms with Gasteiger partial charge in [-0.1, -0.05) is 92.5 Å². The molecule has 11 heteroatoms. The van der Waals surface area contributed by atoms with Gasteiger partial charge in [0, 0.05) is 33.7 Å². The molecule has 260 valence electrons. The van der Waals surface area contributed by atoms with Gasteiger partial charge in [0.2, 0.25) is 0 Å². The minimum absolute atomic E-state index is 0.0155. The zero-order valence-electron chi connectivity index (χ0n) is 28.8. The van der Waals surface area contributed by atoms with Crippen LogP contribution in [0.1, 0.15) is 101 Å². The van der Waals surface area contributed by atoms with E-state index in [0.717, 1.165) is 53.9 Å². The molecule has 0 fully saturated rings. The smallest absolute Gasteiger partial charge is 0.271 e. The molecule has 1 N–H and O–H groups in total. The number of hydrogen-bond acceptors (Lipinski definition) is 5. The van der Waals surface area contributed by atoms with Gasteiger partial charge in [0.25, 0.3) is 5.91 Å². The van der Waals surface area contributed by atoms with Crippen molar-refractivity contribution in [1.29, 1.82) is 0 Å². The maximum atomic E-state index is 12.4. The summed E-state index contributed by atoms with van der Waals surface area (Å²) in [5, 5.41) is 12.4. The number of carbonyl (C=O) groups is 2. The lowest BCUT2D eigenvalue weighted by Crippen LogP contribution is -2.25. The van der Waals surface area contributed by atoms with E-state index in [-0.39, 0.29) is 18.4 Å². The first-order valence-electron chi connectivity index (χ1n) is 16.7. The largest absolute Gasteiger partial charge is 0.377 e. The van der Waals surface area contributed by atoms with Crippen LogP contribution in [0.3, 0.4) is 0 Å². The molecule has 4 rings (SSSR count). The Labute approximate surface area is 294 Å². The van der Waals surface area contributed by atoms with Crippen LogP contribution in [-0.4, -0.2) is 44.5 Å². The lowest BCUT2D eigenvalue weighted by atomic mass is 10.0. The van der Waals surface area contributed by atoms with Gasteiger partial charge < -0.3 is 10.1 Å². The molecular formula is C37H48Cl2FN5O3. The maximum absolute atomic E-state index is 12.4. The van der Waals surface area contributed by atoms with E-state index in [1.165, 1.54) is 10.2 Å². The van der Waals surface area contributed by atoms with Crippen molar-refractivity contribution >= 4 is 34.9 Å². The van der Waals surface area contributed by atoms with Gasteiger partial charge in [0.1, 0.15) is 11.4 Å². The number of unbranched alkanes of at least 4 members (excludes halogenated alkanes) is 1. The number of alkyl halides is 1. The molecule has 2 aromatic heterocycles. The average molecular weight is 700 g/mol. The number of aryl methyl sites for hydroxylation is 6. The molecule has 0 atom stereocenters. The summed E-state index contributed by atoms with van der Waals surface area (Å²) in [5.74, 6) is -0.202. The molecule has 0 spiro atoms. The lowest BCUT2D eigenvalue weighted by Gasteiger charge is -2.07. The van der Waals surface area contributed by atoms with Gasteiger partial charge in [-0.3, -0.25) is 23.3 Å². The average Bonchev–Trinajstić information content (AvgIpc) is 3.55. The molecule has 0 radical (unpaired) electrons. The molecule has 1 amide bonds. The third-order valence-electron chi connectivity index (χ3n) is 7.87. The van der Waals surface area contributed by atoms with Crippen LogP contribution in [0.15, 0.2) is 48.5 Å². The van der Waals surface area contributed by atoms with Crippen molar-refractivity contribution in [3.05, 3.63) is 104 Å². The third-order valence-corrected chi connectivity index (χ3v) is 8.66. The van der Waals surface area contributed by atoms with Crippen molar-refractivity contribution in [2.45, 2.75) is 85.3 Å². The highest BCUT2D eigenvalue weighted by atomic mass is 35.5. The van der Waals surface area contributed by atoms with Gasteiger partial charge >= 0.3 is 0 Å². The Morgan fingerprint density at radius 1 is 0.771 bits per heavy atom. The van der Waals surface area contributed by atoms with Crippen LogP contribution in [0.25, 0.3) is 0 Å². The Bertz CT molecular complexity index is 1480. The Kier molecular flexibility index (Phi) is 16.3. The highest BCUT2D eigenvalue weighted by Gasteiger charge is 2.20. The van der Waals surface area contributed by atoms with Gasteiger partial charge in [-0.05, 0) is 67.2 Å². The van der Waals surface area contributed by atoms with Gasteiger partial charge in [-0.2, -0.15) is 10.2 Å². The van der Waals surface area contributed by atoms with Crippen LogP contribution >= 0.6 is 23.2 Å². The van der Waals surface area contributed by atoms with E-state index in [0.29, 0.717) is 66.7 Å². The van der Waals surface area contributed by atoms with Gasteiger partial charge in [-0.15, -0.1) is 0 Å². The van der Waals surface area contributed by atoms with E-state index < -0.39 is 0 Å². The Balaban J connectivity index is 0.000000260. The summed E-state index contributed by atoms with van der Waals surface area (Å²) in [4.78, 5) is 24.8. The standard InChI is InChI=1S/C19H24ClFN2O.C18H24ClN3O2/c1-3-16-18(20)19(23(2)22-16)17(24)12-11-15-9-7-14(8-10-15)6-4-5-13-21;1-4-10-24-12-14-8-6-13(7-9-14)11-20-18(23)17-16(19)15(5-2)21-22(17)3/h7-10H,3-6,11-13H2,1-2H3;6-9H,4-5,10-12H2,1-3H3,(H,20,23)/i21-1;. The van der Waals surface area contributed by atoms with E-state index in [1.807, 2.05) is 50.2 Å². The second-order valence-corrected chi connectivity index (χ2v) is 12.4. The van der Waals surface area contributed by atoms with Crippen LogP contribution in [0.4, 0.5) is 4.39 Å². The minimum atomic E-state index is -0.253. The molecule has 0 aliphatic carbocycles. The van der Waals surface area contributed by atoms with Crippen LogP contribution < -0.4 is 5.32 Å². The number of Topliss-reactive ketones (excluding diaryl/α,β-unsaturated/α-hetero) is 1. The first-order chi connectivity index (χ1) is 23.1. The predicted molar refractivity (Wildman–Crippen MR) is 191 cm³/mol. The van der Waals surface area contributed by atoms with E-state index in [1.54, 1.807) is 18.8 Å². The summed E-state index contributed by atoms with van der Waals surface area (Å²) < 4.78 is 20.7. The molecule has 2 heterocycles. The van der Waals surface area contributed by atoms with Crippen molar-refractivity contribution in [3.63, 3.8) is 0 Å². The molecule has 0 unspecified atom stereocenters. The highest BCUT2D eigenvalue weighted by molar-refractivity contribution is 6.34. The number of carbonyl (C=O) groups excluding carboxylic acids is 2. The van der Waals surface area contributed by atoms with Crippen molar-refractivity contribution in [1.82, 2.24) is 24.9 Å². The fourth-order valence-corrected chi connectivity index (χ4v) is 5.91. The van der Waals surface area contributed by atoms with Gasteiger partial charge in [-0.25, -0.2) is 0 Å². The molecule has 2 aromatic carbocycles. The number of benzene rings is 2. The Morgan fingerprint density at radius 2 is 1.29 bits per heavy atom. The second-order valence-electron chi connectivity index (χ2n) is 11.6. The second kappa shape index (κ2) is 20.1. The zero-order valence-corrected chi connectivity index (χ0v) is 30.3. The Hall–Kier alpha value is -3.53. The van der Waals surface area contributed by atoms with Crippen molar-refractivity contribution in [3.8, 4) is 0 Å². The number of amides is 1. The zero-order chi connectivity index (χ0) is 35.1. The summed E-state index contributed by atoms with van der Waals surface area (Å²) in [6.07, 6.45) is 5.88. The normalized spacial score (nSPS) is 10.9. The van der Waals surface area contributed by atoms with E-state index >= 15 is 0 Å². The molecule has 48 heavy (non-hydrogen) atoms. The predicted octanol–water partition coefficient (Wildman–Crippen LogP) is 8.24. The minimum Gasteiger partial charge on any atom is -0.377 e. The van der Waals surface area contributed by atoms with Gasteiger partial charge in [0.15, 0.2) is 5.78 Å². The van der Waals surface area contributed by atoms with Crippen molar-refractivity contribution < 1.29 is 18.7 Å². The summed E-state index contributed by atoms with van der Waals surface area (Å²) in [7, 11) is 3.48. The monoisotopic (exact) mass is 698 g/mol. The van der Waals surface area contributed by atoms with E-state index in [2.05, 4.69) is 34.6 Å². The van der Waals surface area contributed by atoms with Crippen LogP contribution in [0.2, 0.25) is 10.0 Å². The van der Waals surface area contributed by atoms with Crippen LogP contribution in [-0.2, 0) is 57.7 Å². The van der Waals surface area contributed by atoms with E-state index in [4.69, 9.17) is 27.9 Å².